The van der Waals surface area contributed by atoms with Crippen LogP contribution in [-0.2, 0) is 4.74 Å². The molecule has 2 rings (SSSR count). The minimum absolute atomic E-state index is 0.257. The van der Waals surface area contributed by atoms with Crippen molar-refractivity contribution in [3.05, 3.63) is 36.0 Å². The van der Waals surface area contributed by atoms with E-state index in [1.165, 1.54) is 0 Å². The first kappa shape index (κ1) is 13.3. The fraction of sp³-hybridized carbons (Fsp3) is 0.286. The van der Waals surface area contributed by atoms with E-state index < -0.39 is 0 Å². The lowest BCUT2D eigenvalue weighted by Gasteiger charge is -2.12. The molecule has 2 N–H and O–H groups in total. The molecular weight excluding hydrogens is 242 g/mol. The molecular formula is C14H17N3O2. The number of rotatable bonds is 5. The normalized spacial score (nSPS) is 10.4. The van der Waals surface area contributed by atoms with Crippen molar-refractivity contribution in [1.29, 1.82) is 0 Å². The van der Waals surface area contributed by atoms with Gasteiger partial charge in [0.1, 0.15) is 12.4 Å². The minimum Gasteiger partial charge on any atom is -0.490 e. The summed E-state index contributed by atoms with van der Waals surface area (Å²) in [5, 5.41) is 0. The van der Waals surface area contributed by atoms with E-state index in [0.29, 0.717) is 13.2 Å². The third kappa shape index (κ3) is 3.20. The maximum Gasteiger partial charge on any atom is 0.220 e. The lowest BCUT2D eigenvalue weighted by Crippen LogP contribution is -2.06. The van der Waals surface area contributed by atoms with Gasteiger partial charge in [-0.05, 0) is 24.6 Å². The predicted molar refractivity (Wildman–Crippen MR) is 74.0 cm³/mol. The average molecular weight is 259 g/mol. The summed E-state index contributed by atoms with van der Waals surface area (Å²) in [4.78, 5) is 8.26. The van der Waals surface area contributed by atoms with Crippen LogP contribution >= 0.6 is 0 Å². The highest BCUT2D eigenvalue weighted by Gasteiger charge is 2.10. The molecule has 100 valence electrons. The number of anilines is 1. The van der Waals surface area contributed by atoms with Gasteiger partial charge in [-0.2, -0.15) is 0 Å². The van der Waals surface area contributed by atoms with Crippen LogP contribution < -0.4 is 10.5 Å². The van der Waals surface area contributed by atoms with Crippen molar-refractivity contribution in [2.45, 2.75) is 6.92 Å². The third-order valence-corrected chi connectivity index (χ3v) is 2.68. The predicted octanol–water partition coefficient (Wildman–Crippen LogP) is 2.06. The van der Waals surface area contributed by atoms with Gasteiger partial charge in [-0.15, -0.1) is 0 Å². The van der Waals surface area contributed by atoms with Crippen LogP contribution in [0.5, 0.6) is 5.75 Å². The number of aryl methyl sites for hydroxylation is 1. The van der Waals surface area contributed by atoms with E-state index in [1.807, 2.05) is 31.2 Å². The summed E-state index contributed by atoms with van der Waals surface area (Å²) in [5.41, 5.74) is 8.31. The monoisotopic (exact) mass is 259 g/mol. The number of benzene rings is 1. The van der Waals surface area contributed by atoms with Gasteiger partial charge in [-0.1, -0.05) is 12.1 Å². The molecule has 5 heteroatoms. The van der Waals surface area contributed by atoms with E-state index in [9.17, 15) is 0 Å². The highest BCUT2D eigenvalue weighted by Crippen LogP contribution is 2.30. The van der Waals surface area contributed by atoms with Crippen LogP contribution in [0.3, 0.4) is 0 Å². The molecule has 19 heavy (non-hydrogen) atoms. The van der Waals surface area contributed by atoms with Gasteiger partial charge < -0.3 is 15.2 Å². The van der Waals surface area contributed by atoms with Crippen molar-refractivity contribution in [2.75, 3.05) is 26.1 Å². The van der Waals surface area contributed by atoms with Gasteiger partial charge in [0.05, 0.1) is 12.3 Å². The Kier molecular flexibility index (Phi) is 4.30. The average Bonchev–Trinajstić information content (AvgIpc) is 2.42. The van der Waals surface area contributed by atoms with Gasteiger partial charge in [0.15, 0.2) is 0 Å². The Bertz CT molecular complexity index is 558. The standard InChI is InChI=1S/C14H17N3O2/c1-10-9-16-14(15)17-13(10)11-5-3-4-6-12(11)19-8-7-18-2/h3-6,9H,7-8H2,1-2H3,(H2,15,16,17). The molecule has 0 saturated heterocycles. The fourth-order valence-corrected chi connectivity index (χ4v) is 1.75. The Labute approximate surface area is 112 Å². The first-order valence-corrected chi connectivity index (χ1v) is 6.02. The van der Waals surface area contributed by atoms with Gasteiger partial charge in [0.2, 0.25) is 5.95 Å². The van der Waals surface area contributed by atoms with Crippen LogP contribution in [0.25, 0.3) is 11.3 Å². The van der Waals surface area contributed by atoms with Gasteiger partial charge in [0.25, 0.3) is 0 Å². The van der Waals surface area contributed by atoms with Crippen molar-refractivity contribution >= 4 is 5.95 Å². The quantitative estimate of drug-likeness (QED) is 0.832. The van der Waals surface area contributed by atoms with Gasteiger partial charge >= 0.3 is 0 Å². The Morgan fingerprint density at radius 3 is 2.79 bits per heavy atom. The van der Waals surface area contributed by atoms with Crippen LogP contribution in [0.4, 0.5) is 5.95 Å². The molecule has 2 aromatic rings. The Hall–Kier alpha value is -2.14. The number of nitrogen functional groups attached to an aromatic ring is 1. The minimum atomic E-state index is 0.257. The van der Waals surface area contributed by atoms with Gasteiger partial charge in [-0.25, -0.2) is 9.97 Å². The zero-order valence-electron chi connectivity index (χ0n) is 11.1. The van der Waals surface area contributed by atoms with E-state index >= 15 is 0 Å². The molecule has 0 radical (unpaired) electrons. The molecule has 0 aliphatic rings. The van der Waals surface area contributed by atoms with E-state index in [4.69, 9.17) is 15.2 Å². The van der Waals surface area contributed by atoms with Crippen LogP contribution in [-0.4, -0.2) is 30.3 Å². The van der Waals surface area contributed by atoms with Crippen LogP contribution in [0.2, 0.25) is 0 Å². The second-order valence-electron chi connectivity index (χ2n) is 4.10. The summed E-state index contributed by atoms with van der Waals surface area (Å²) in [6, 6.07) is 7.72. The number of para-hydroxylation sites is 1. The van der Waals surface area contributed by atoms with E-state index in [0.717, 1.165) is 22.6 Å². The fourth-order valence-electron chi connectivity index (χ4n) is 1.75. The molecule has 1 aromatic carbocycles. The van der Waals surface area contributed by atoms with Crippen molar-refractivity contribution in [1.82, 2.24) is 9.97 Å². The second kappa shape index (κ2) is 6.15. The summed E-state index contributed by atoms with van der Waals surface area (Å²) in [6.07, 6.45) is 1.71. The zero-order chi connectivity index (χ0) is 13.7. The van der Waals surface area contributed by atoms with Crippen molar-refractivity contribution in [2.24, 2.45) is 0 Å². The van der Waals surface area contributed by atoms with Crippen molar-refractivity contribution in [3.63, 3.8) is 0 Å². The SMILES string of the molecule is COCCOc1ccccc1-c1nc(N)ncc1C. The van der Waals surface area contributed by atoms with Crippen molar-refractivity contribution < 1.29 is 9.47 Å². The molecule has 0 atom stereocenters. The summed E-state index contributed by atoms with van der Waals surface area (Å²) in [5.74, 6) is 1.02. The third-order valence-electron chi connectivity index (χ3n) is 2.68. The first-order valence-electron chi connectivity index (χ1n) is 6.02. The number of hydrogen-bond acceptors (Lipinski definition) is 5. The van der Waals surface area contributed by atoms with E-state index in [1.54, 1.807) is 13.3 Å². The molecule has 0 fully saturated rings. The Morgan fingerprint density at radius 1 is 1.21 bits per heavy atom. The highest BCUT2D eigenvalue weighted by atomic mass is 16.5. The lowest BCUT2D eigenvalue weighted by molar-refractivity contribution is 0.146. The number of nitrogens with two attached hydrogens (primary N) is 1. The maximum atomic E-state index is 5.70. The van der Waals surface area contributed by atoms with Crippen LogP contribution in [0.1, 0.15) is 5.56 Å². The number of nitrogens with zero attached hydrogens (tertiary/aromatic N) is 2. The number of hydrogen-bond donors (Lipinski definition) is 1. The van der Waals surface area contributed by atoms with Crippen molar-refractivity contribution in [3.8, 4) is 17.0 Å². The molecule has 1 aromatic heterocycles. The van der Waals surface area contributed by atoms with E-state index in [2.05, 4.69) is 9.97 Å². The number of methoxy groups -OCH3 is 1. The van der Waals surface area contributed by atoms with Gasteiger partial charge in [-0.3, -0.25) is 0 Å². The molecule has 0 spiro atoms. The van der Waals surface area contributed by atoms with Crippen LogP contribution in [0, 0.1) is 6.92 Å². The molecule has 0 unspecified atom stereocenters. The lowest BCUT2D eigenvalue weighted by atomic mass is 10.1. The topological polar surface area (TPSA) is 70.3 Å². The van der Waals surface area contributed by atoms with E-state index in [-0.39, 0.29) is 5.95 Å². The first-order chi connectivity index (χ1) is 9.22. The summed E-state index contributed by atoms with van der Waals surface area (Å²) >= 11 is 0. The number of aromatic nitrogens is 2. The molecule has 0 aliphatic carbocycles. The van der Waals surface area contributed by atoms with Gasteiger partial charge in [0, 0.05) is 18.9 Å². The molecule has 0 aliphatic heterocycles. The molecule has 0 bridgehead atoms. The Morgan fingerprint density at radius 2 is 2.00 bits per heavy atom. The number of ether oxygens (including phenoxy) is 2. The molecule has 1 heterocycles. The summed E-state index contributed by atoms with van der Waals surface area (Å²) < 4.78 is 10.7. The summed E-state index contributed by atoms with van der Waals surface area (Å²) in [6.45, 7) is 2.98. The largest absolute Gasteiger partial charge is 0.490 e. The second-order valence-corrected chi connectivity index (χ2v) is 4.10. The van der Waals surface area contributed by atoms with Crippen LogP contribution in [0.15, 0.2) is 30.5 Å². The highest BCUT2D eigenvalue weighted by molar-refractivity contribution is 5.70. The zero-order valence-corrected chi connectivity index (χ0v) is 11.1. The molecule has 0 saturated carbocycles. The Balaban J connectivity index is 2.35. The summed E-state index contributed by atoms with van der Waals surface area (Å²) in [7, 11) is 1.64. The maximum absolute atomic E-state index is 5.70. The molecule has 0 amide bonds. The molecule has 5 nitrogen and oxygen atoms in total. The smallest absolute Gasteiger partial charge is 0.220 e.